The summed E-state index contributed by atoms with van der Waals surface area (Å²) in [6.07, 6.45) is 5.37. The molecule has 1 saturated heterocycles. The number of benzene rings is 1. The van der Waals surface area contributed by atoms with E-state index in [1.54, 1.807) is 24.7 Å². The van der Waals surface area contributed by atoms with Gasteiger partial charge in [-0.25, -0.2) is 0 Å². The van der Waals surface area contributed by atoms with Gasteiger partial charge in [-0.15, -0.1) is 0 Å². The summed E-state index contributed by atoms with van der Waals surface area (Å²) >= 11 is 6.36. The number of hydrogen-bond acceptors (Lipinski definition) is 4. The Balaban J connectivity index is 1.52. The van der Waals surface area contributed by atoms with E-state index < -0.39 is 12.0 Å². The van der Waals surface area contributed by atoms with E-state index in [4.69, 9.17) is 11.6 Å². The largest absolute Gasteiger partial charge is 0.480 e. The minimum atomic E-state index is -0.849. The first-order valence-electron chi connectivity index (χ1n) is 8.97. The first kappa shape index (κ1) is 18.0. The second kappa shape index (κ2) is 7.68. The lowest BCUT2D eigenvalue weighted by Crippen LogP contribution is -2.48. The number of carboxylic acids is 1. The number of pyridine rings is 1. The number of nitrogens with one attached hydrogen (secondary N) is 1. The standard InChI is InChI=1S/C20H21ClN4O2/c21-16-2-1-3-17-18(16)15(12-23-17)19(20(26)27)25-10-8-24(9-11-25)13-14-4-6-22-7-5-14/h1-7,12,19,23H,8-11,13H2,(H,26,27). The molecule has 0 spiro atoms. The Kier molecular flexibility index (Phi) is 5.11. The molecule has 140 valence electrons. The number of piperazine rings is 1. The van der Waals surface area contributed by atoms with Gasteiger partial charge >= 0.3 is 5.97 Å². The molecule has 0 saturated carbocycles. The molecule has 2 N–H and O–H groups in total. The summed E-state index contributed by atoms with van der Waals surface area (Å²) in [7, 11) is 0. The lowest BCUT2D eigenvalue weighted by molar-refractivity contribution is -0.144. The number of carbonyl (C=O) groups is 1. The van der Waals surface area contributed by atoms with Crippen LogP contribution in [0.3, 0.4) is 0 Å². The second-order valence-corrected chi connectivity index (χ2v) is 7.22. The predicted octanol–water partition coefficient (Wildman–Crippen LogP) is 3.16. The van der Waals surface area contributed by atoms with Crippen LogP contribution in [-0.4, -0.2) is 57.0 Å². The number of aromatic amines is 1. The Morgan fingerprint density at radius 1 is 1.19 bits per heavy atom. The lowest BCUT2D eigenvalue weighted by Gasteiger charge is -2.37. The fourth-order valence-electron chi connectivity index (χ4n) is 3.79. The normalized spacial score (nSPS) is 17.2. The van der Waals surface area contributed by atoms with E-state index in [-0.39, 0.29) is 0 Å². The highest BCUT2D eigenvalue weighted by Crippen LogP contribution is 2.33. The van der Waals surface area contributed by atoms with Gasteiger partial charge in [-0.1, -0.05) is 17.7 Å². The number of halogens is 1. The van der Waals surface area contributed by atoms with Crippen LogP contribution in [0, 0.1) is 0 Å². The number of fused-ring (bicyclic) bond motifs is 1. The van der Waals surface area contributed by atoms with Crippen molar-refractivity contribution in [1.29, 1.82) is 0 Å². The molecule has 1 fully saturated rings. The summed E-state index contributed by atoms with van der Waals surface area (Å²) in [5, 5.41) is 11.3. The first-order valence-corrected chi connectivity index (χ1v) is 9.35. The zero-order valence-electron chi connectivity index (χ0n) is 14.8. The van der Waals surface area contributed by atoms with Gasteiger partial charge in [0.1, 0.15) is 6.04 Å². The van der Waals surface area contributed by atoms with Gasteiger partial charge in [-0.05, 0) is 29.8 Å². The number of hydrogen-bond donors (Lipinski definition) is 2. The maximum absolute atomic E-state index is 12.1. The van der Waals surface area contributed by atoms with Gasteiger partial charge in [-0.3, -0.25) is 19.6 Å². The van der Waals surface area contributed by atoms with Gasteiger partial charge < -0.3 is 10.1 Å². The van der Waals surface area contributed by atoms with Crippen molar-refractivity contribution in [2.75, 3.05) is 26.2 Å². The third-order valence-electron chi connectivity index (χ3n) is 5.14. The number of aliphatic carboxylic acids is 1. The molecule has 0 amide bonds. The summed E-state index contributed by atoms with van der Waals surface area (Å²) in [5.74, 6) is -0.849. The van der Waals surface area contributed by atoms with Gasteiger partial charge in [0, 0.05) is 67.8 Å². The van der Waals surface area contributed by atoms with Gasteiger partial charge in [-0.2, -0.15) is 0 Å². The molecule has 1 unspecified atom stereocenters. The average Bonchev–Trinajstić information content (AvgIpc) is 3.09. The molecule has 6 nitrogen and oxygen atoms in total. The summed E-state index contributed by atoms with van der Waals surface area (Å²) < 4.78 is 0. The molecule has 1 aromatic carbocycles. The maximum Gasteiger partial charge on any atom is 0.325 e. The molecule has 0 aliphatic carbocycles. The van der Waals surface area contributed by atoms with E-state index >= 15 is 0 Å². The number of H-pyrrole nitrogens is 1. The summed E-state index contributed by atoms with van der Waals surface area (Å²) in [6.45, 7) is 3.88. The molecular weight excluding hydrogens is 364 g/mol. The van der Waals surface area contributed by atoms with E-state index in [9.17, 15) is 9.90 Å². The summed E-state index contributed by atoms with van der Waals surface area (Å²) in [6, 6.07) is 8.89. The molecule has 1 aliphatic rings. The summed E-state index contributed by atoms with van der Waals surface area (Å²) in [5.41, 5.74) is 2.81. The van der Waals surface area contributed by atoms with Gasteiger partial charge in [0.2, 0.25) is 0 Å². The zero-order valence-corrected chi connectivity index (χ0v) is 15.6. The monoisotopic (exact) mass is 384 g/mol. The van der Waals surface area contributed by atoms with Crippen molar-refractivity contribution in [3.8, 4) is 0 Å². The van der Waals surface area contributed by atoms with Crippen LogP contribution in [0.1, 0.15) is 17.2 Å². The van der Waals surface area contributed by atoms with Crippen LogP contribution < -0.4 is 0 Å². The van der Waals surface area contributed by atoms with E-state index in [0.29, 0.717) is 18.1 Å². The molecule has 1 atom stereocenters. The minimum absolute atomic E-state index is 0.575. The molecule has 27 heavy (non-hydrogen) atoms. The number of carboxylic acid groups (broad SMARTS) is 1. The van der Waals surface area contributed by atoms with Gasteiger partial charge in [0.15, 0.2) is 0 Å². The van der Waals surface area contributed by atoms with Crippen LogP contribution in [-0.2, 0) is 11.3 Å². The van der Waals surface area contributed by atoms with E-state index in [1.165, 1.54) is 5.56 Å². The molecule has 0 radical (unpaired) electrons. The summed E-state index contributed by atoms with van der Waals surface area (Å²) in [4.78, 5) is 23.7. The van der Waals surface area contributed by atoms with Crippen LogP contribution in [0.2, 0.25) is 5.02 Å². The first-order chi connectivity index (χ1) is 13.1. The third-order valence-corrected chi connectivity index (χ3v) is 5.46. The van der Waals surface area contributed by atoms with Crippen LogP contribution >= 0.6 is 11.6 Å². The van der Waals surface area contributed by atoms with Crippen molar-refractivity contribution >= 4 is 28.5 Å². The van der Waals surface area contributed by atoms with Crippen molar-refractivity contribution in [3.63, 3.8) is 0 Å². The fraction of sp³-hybridized carbons (Fsp3) is 0.300. The van der Waals surface area contributed by atoms with Crippen molar-refractivity contribution in [2.24, 2.45) is 0 Å². The van der Waals surface area contributed by atoms with E-state index in [2.05, 4.69) is 14.9 Å². The van der Waals surface area contributed by atoms with Crippen LogP contribution in [0.4, 0.5) is 0 Å². The van der Waals surface area contributed by atoms with Gasteiger partial charge in [0.25, 0.3) is 0 Å². The highest BCUT2D eigenvalue weighted by Gasteiger charge is 2.32. The molecular formula is C20H21ClN4O2. The third kappa shape index (κ3) is 3.69. The van der Waals surface area contributed by atoms with E-state index in [1.807, 2.05) is 29.2 Å². The minimum Gasteiger partial charge on any atom is -0.480 e. The van der Waals surface area contributed by atoms with Crippen molar-refractivity contribution in [2.45, 2.75) is 12.6 Å². The van der Waals surface area contributed by atoms with E-state index in [0.717, 1.165) is 36.1 Å². The maximum atomic E-state index is 12.1. The van der Waals surface area contributed by atoms with Crippen molar-refractivity contribution in [1.82, 2.24) is 19.8 Å². The Morgan fingerprint density at radius 3 is 2.63 bits per heavy atom. The van der Waals surface area contributed by atoms with Crippen LogP contribution in [0.15, 0.2) is 48.9 Å². The number of aromatic nitrogens is 2. The predicted molar refractivity (Wildman–Crippen MR) is 105 cm³/mol. The second-order valence-electron chi connectivity index (χ2n) is 6.81. The lowest BCUT2D eigenvalue weighted by atomic mass is 10.0. The highest BCUT2D eigenvalue weighted by atomic mass is 35.5. The Bertz CT molecular complexity index is 936. The SMILES string of the molecule is O=C(O)C(c1c[nH]c2cccc(Cl)c12)N1CCN(Cc2ccncc2)CC1. The molecule has 7 heteroatoms. The van der Waals surface area contributed by atoms with Crippen LogP contribution in [0.5, 0.6) is 0 Å². The molecule has 3 heterocycles. The van der Waals surface area contributed by atoms with Crippen molar-refractivity contribution < 1.29 is 9.90 Å². The number of rotatable bonds is 5. The highest BCUT2D eigenvalue weighted by molar-refractivity contribution is 6.35. The topological polar surface area (TPSA) is 72.5 Å². The Hall–Kier alpha value is -2.41. The quantitative estimate of drug-likeness (QED) is 0.707. The van der Waals surface area contributed by atoms with Gasteiger partial charge in [0.05, 0.1) is 5.02 Å². The Labute approximate surface area is 162 Å². The molecule has 4 rings (SSSR count). The smallest absolute Gasteiger partial charge is 0.325 e. The molecule has 0 bridgehead atoms. The molecule has 3 aromatic rings. The Morgan fingerprint density at radius 2 is 1.93 bits per heavy atom. The zero-order chi connectivity index (χ0) is 18.8. The van der Waals surface area contributed by atoms with Crippen LogP contribution in [0.25, 0.3) is 10.9 Å². The number of nitrogens with zero attached hydrogens (tertiary/aromatic N) is 3. The fourth-order valence-corrected chi connectivity index (χ4v) is 4.08. The van der Waals surface area contributed by atoms with Crippen molar-refractivity contribution in [3.05, 3.63) is 65.1 Å². The average molecular weight is 385 g/mol. The molecule has 1 aliphatic heterocycles. The molecule has 2 aromatic heterocycles.